The van der Waals surface area contributed by atoms with Crippen molar-refractivity contribution in [2.24, 2.45) is 17.8 Å². The number of carbonyl (C=O) groups is 1. The molecule has 12 heteroatoms. The van der Waals surface area contributed by atoms with E-state index in [1.165, 1.54) is 35.9 Å². The van der Waals surface area contributed by atoms with Gasteiger partial charge in [0.05, 0.1) is 19.0 Å². The van der Waals surface area contributed by atoms with Crippen molar-refractivity contribution in [1.29, 1.82) is 0 Å². The number of aromatic nitrogens is 5. The molecule has 0 bridgehead atoms. The van der Waals surface area contributed by atoms with Gasteiger partial charge >= 0.3 is 6.18 Å². The number of carbonyl (C=O) groups excluding carboxylic acids is 1. The van der Waals surface area contributed by atoms with E-state index in [0.717, 1.165) is 6.07 Å². The van der Waals surface area contributed by atoms with Crippen LogP contribution in [0.5, 0.6) is 5.88 Å². The fraction of sp³-hybridized carbons (Fsp3) is 0.368. The quantitative estimate of drug-likeness (QED) is 0.592. The van der Waals surface area contributed by atoms with Gasteiger partial charge in [-0.1, -0.05) is 17.4 Å². The number of hydrogen-bond donors (Lipinski definition) is 0. The summed E-state index contributed by atoms with van der Waals surface area (Å²) in [6, 6.07) is 3.59. The lowest BCUT2D eigenvalue weighted by molar-refractivity contribution is -0.141. The van der Waals surface area contributed by atoms with Gasteiger partial charge in [-0.05, 0) is 17.9 Å². The van der Waals surface area contributed by atoms with Crippen LogP contribution in [0, 0.1) is 17.8 Å². The van der Waals surface area contributed by atoms with Gasteiger partial charge in [-0.25, -0.2) is 15.0 Å². The largest absolute Gasteiger partial charge is 0.477 e. The number of ether oxygens (including phenoxy) is 1. The van der Waals surface area contributed by atoms with Gasteiger partial charge in [0, 0.05) is 25.1 Å². The Balaban J connectivity index is 1.14. The van der Waals surface area contributed by atoms with Crippen LogP contribution in [-0.2, 0) is 6.18 Å². The lowest BCUT2D eigenvalue weighted by atomic mass is 10.2. The number of halogens is 3. The van der Waals surface area contributed by atoms with E-state index in [2.05, 4.69) is 25.1 Å². The van der Waals surface area contributed by atoms with Crippen molar-refractivity contribution in [3.63, 3.8) is 0 Å². The number of piperidine rings is 1. The number of nitrogens with zero attached hydrogens (tertiary/aromatic N) is 6. The predicted octanol–water partition coefficient (Wildman–Crippen LogP) is 2.81. The Kier molecular flexibility index (Phi) is 4.80. The first-order chi connectivity index (χ1) is 14.9. The van der Waals surface area contributed by atoms with Gasteiger partial charge in [-0.15, -0.1) is 10.2 Å². The molecule has 1 saturated heterocycles. The molecule has 1 unspecified atom stereocenters. The summed E-state index contributed by atoms with van der Waals surface area (Å²) < 4.78 is 43.7. The molecule has 31 heavy (non-hydrogen) atoms. The Hall–Kier alpha value is -3.15. The van der Waals surface area contributed by atoms with E-state index in [4.69, 9.17) is 4.74 Å². The second-order valence-corrected chi connectivity index (χ2v) is 8.24. The molecule has 1 saturated carbocycles. The molecule has 3 atom stereocenters. The summed E-state index contributed by atoms with van der Waals surface area (Å²) in [6.45, 7) is 1.41. The number of likely N-dealkylation sites (tertiary alicyclic amines) is 1. The first kappa shape index (κ1) is 19.8. The molecule has 2 aliphatic rings. The highest BCUT2D eigenvalue weighted by Crippen LogP contribution is 2.51. The monoisotopic (exact) mass is 448 g/mol. The molecular weight excluding hydrogens is 433 g/mol. The highest BCUT2D eigenvalue weighted by molar-refractivity contribution is 7.12. The summed E-state index contributed by atoms with van der Waals surface area (Å²) in [5.74, 6) is 0.499. The highest BCUT2D eigenvalue weighted by atomic mass is 32.1. The molecule has 3 aromatic rings. The third-order valence-electron chi connectivity index (χ3n) is 5.55. The summed E-state index contributed by atoms with van der Waals surface area (Å²) in [4.78, 5) is 26.4. The van der Waals surface area contributed by atoms with Crippen LogP contribution in [0.4, 0.5) is 13.2 Å². The topological polar surface area (TPSA) is 94.0 Å². The van der Waals surface area contributed by atoms with Crippen molar-refractivity contribution >= 4 is 17.2 Å². The van der Waals surface area contributed by atoms with Gasteiger partial charge in [0.15, 0.2) is 5.01 Å². The number of fused-ring (bicyclic) bond motifs is 1. The summed E-state index contributed by atoms with van der Waals surface area (Å²) in [5.41, 5.74) is 1.44. The van der Waals surface area contributed by atoms with Crippen LogP contribution < -0.4 is 4.74 Å². The van der Waals surface area contributed by atoms with Crippen molar-refractivity contribution < 1.29 is 22.7 Å². The van der Waals surface area contributed by atoms with Gasteiger partial charge < -0.3 is 9.64 Å². The smallest absolute Gasteiger partial charge is 0.433 e. The van der Waals surface area contributed by atoms with E-state index in [9.17, 15) is 18.0 Å². The average molecular weight is 448 g/mol. The maximum absolute atomic E-state index is 12.7. The van der Waals surface area contributed by atoms with Crippen molar-refractivity contribution in [1.82, 2.24) is 30.0 Å². The number of amides is 1. The number of rotatable bonds is 5. The lowest BCUT2D eigenvalue weighted by Gasteiger charge is -2.19. The summed E-state index contributed by atoms with van der Waals surface area (Å²) in [5, 5.41) is 8.30. The maximum Gasteiger partial charge on any atom is 0.433 e. The molecule has 160 valence electrons. The molecule has 3 aromatic heterocycles. The fourth-order valence-corrected chi connectivity index (χ4v) is 4.41. The molecule has 5 rings (SSSR count). The molecule has 2 fully saturated rings. The molecule has 0 N–H and O–H groups in total. The zero-order valence-corrected chi connectivity index (χ0v) is 16.7. The van der Waals surface area contributed by atoms with E-state index in [1.54, 1.807) is 10.4 Å². The Bertz CT molecular complexity index is 1080. The van der Waals surface area contributed by atoms with Crippen LogP contribution >= 0.6 is 11.3 Å². The van der Waals surface area contributed by atoms with E-state index < -0.39 is 11.9 Å². The van der Waals surface area contributed by atoms with Gasteiger partial charge in [-0.3, -0.25) is 4.79 Å². The molecule has 4 heterocycles. The minimum absolute atomic E-state index is 0.0430. The van der Waals surface area contributed by atoms with Crippen LogP contribution in [0.15, 0.2) is 36.1 Å². The number of hydrogen-bond acceptors (Lipinski definition) is 8. The van der Waals surface area contributed by atoms with E-state index in [1.807, 2.05) is 0 Å². The van der Waals surface area contributed by atoms with E-state index in [0.29, 0.717) is 23.8 Å². The Labute approximate surface area is 178 Å². The minimum Gasteiger partial charge on any atom is -0.477 e. The molecule has 1 aliphatic heterocycles. The first-order valence-electron chi connectivity index (χ1n) is 9.45. The summed E-state index contributed by atoms with van der Waals surface area (Å²) in [6.07, 6.45) is -1.57. The first-order valence-corrected chi connectivity index (χ1v) is 10.3. The molecule has 0 radical (unpaired) electrons. The second-order valence-electron chi connectivity index (χ2n) is 7.40. The van der Waals surface area contributed by atoms with Gasteiger partial charge in [0.25, 0.3) is 5.91 Å². The lowest BCUT2D eigenvalue weighted by Crippen LogP contribution is -2.33. The van der Waals surface area contributed by atoms with Crippen molar-refractivity contribution in [3.8, 4) is 16.6 Å². The number of alkyl halides is 3. The van der Waals surface area contributed by atoms with E-state index in [-0.39, 0.29) is 41.8 Å². The van der Waals surface area contributed by atoms with Crippen molar-refractivity contribution in [3.05, 3.63) is 47.5 Å². The second kappa shape index (κ2) is 7.52. The standard InChI is InChI=1S/C19H15F3N6O2S/c20-19(21,22)15-2-1-3-16(26-15)30-8-12-10-6-28(7-11(10)12)18(29)14-5-23-13(4-24-14)17-27-25-9-31-17/h1-5,9-12H,6-8H2/t10-,11+,12?. The van der Waals surface area contributed by atoms with Crippen molar-refractivity contribution in [2.75, 3.05) is 19.7 Å². The van der Waals surface area contributed by atoms with Crippen LogP contribution in [0.1, 0.15) is 16.2 Å². The highest BCUT2D eigenvalue weighted by Gasteiger charge is 2.57. The minimum atomic E-state index is -4.51. The average Bonchev–Trinajstić information content (AvgIpc) is 3.15. The molecule has 0 spiro atoms. The predicted molar refractivity (Wildman–Crippen MR) is 102 cm³/mol. The normalized spacial score (nSPS) is 22.3. The number of pyridine rings is 1. The zero-order valence-electron chi connectivity index (χ0n) is 15.9. The molecule has 1 amide bonds. The van der Waals surface area contributed by atoms with Crippen LogP contribution in [0.3, 0.4) is 0 Å². The summed E-state index contributed by atoms with van der Waals surface area (Å²) in [7, 11) is 0. The molecule has 0 aromatic carbocycles. The molecular formula is C19H15F3N6O2S. The van der Waals surface area contributed by atoms with E-state index >= 15 is 0 Å². The maximum atomic E-state index is 12.7. The third kappa shape index (κ3) is 3.94. The third-order valence-corrected chi connectivity index (χ3v) is 6.26. The Morgan fingerprint density at radius 3 is 2.65 bits per heavy atom. The Morgan fingerprint density at radius 1 is 1.19 bits per heavy atom. The molecule has 1 aliphatic carbocycles. The fourth-order valence-electron chi connectivity index (χ4n) is 3.89. The van der Waals surface area contributed by atoms with Crippen LogP contribution in [0.25, 0.3) is 10.7 Å². The Morgan fingerprint density at radius 2 is 2.00 bits per heavy atom. The van der Waals surface area contributed by atoms with Gasteiger partial charge in [-0.2, -0.15) is 13.2 Å². The summed E-state index contributed by atoms with van der Waals surface area (Å²) >= 11 is 1.33. The molecule has 8 nitrogen and oxygen atoms in total. The van der Waals surface area contributed by atoms with Crippen LogP contribution in [-0.4, -0.2) is 55.7 Å². The van der Waals surface area contributed by atoms with Crippen molar-refractivity contribution in [2.45, 2.75) is 6.18 Å². The zero-order chi connectivity index (χ0) is 21.6. The van der Waals surface area contributed by atoms with Crippen LogP contribution in [0.2, 0.25) is 0 Å². The SMILES string of the molecule is O=C(c1cnc(-c2nncs2)cn1)N1C[C@@H]2C(COc3cccc(C(F)(F)F)n3)[C@@H]2C1. The van der Waals surface area contributed by atoms with Gasteiger partial charge in [0.1, 0.15) is 22.6 Å². The van der Waals surface area contributed by atoms with Gasteiger partial charge in [0.2, 0.25) is 5.88 Å².